The molecule has 0 fully saturated rings. The first kappa shape index (κ1) is 18.6. The van der Waals surface area contributed by atoms with Gasteiger partial charge in [0.25, 0.3) is 0 Å². The van der Waals surface area contributed by atoms with Crippen LogP contribution in [0, 0.1) is 5.92 Å². The van der Waals surface area contributed by atoms with Crippen molar-refractivity contribution in [2.45, 2.75) is 32.7 Å². The van der Waals surface area contributed by atoms with Crippen molar-refractivity contribution in [1.29, 1.82) is 0 Å². The summed E-state index contributed by atoms with van der Waals surface area (Å²) in [6, 6.07) is 8.85. The Morgan fingerprint density at radius 1 is 1.24 bits per heavy atom. The zero-order valence-corrected chi connectivity index (χ0v) is 14.7. The third kappa shape index (κ3) is 4.85. The van der Waals surface area contributed by atoms with Gasteiger partial charge in [-0.1, -0.05) is 44.2 Å². The highest BCUT2D eigenvalue weighted by Gasteiger charge is 2.29. The van der Waals surface area contributed by atoms with Crippen molar-refractivity contribution in [2.24, 2.45) is 5.92 Å². The summed E-state index contributed by atoms with van der Waals surface area (Å²) in [4.78, 5) is 26.2. The minimum atomic E-state index is -0.869. The molecule has 8 nitrogen and oxygen atoms in total. The number of aliphatic carboxylic acids is 1. The second kappa shape index (κ2) is 8.36. The maximum absolute atomic E-state index is 12.8. The van der Waals surface area contributed by atoms with Crippen LogP contribution in [0.2, 0.25) is 0 Å². The van der Waals surface area contributed by atoms with Crippen LogP contribution in [0.15, 0.2) is 30.3 Å². The topological polar surface area (TPSA) is 101 Å². The van der Waals surface area contributed by atoms with Crippen LogP contribution in [-0.2, 0) is 9.59 Å². The van der Waals surface area contributed by atoms with Gasteiger partial charge in [-0.15, -0.1) is 10.2 Å². The van der Waals surface area contributed by atoms with Crippen molar-refractivity contribution in [3.63, 3.8) is 0 Å². The predicted octanol–water partition coefficient (Wildman–Crippen LogP) is 1.86. The van der Waals surface area contributed by atoms with Crippen molar-refractivity contribution in [2.75, 3.05) is 13.6 Å². The number of tetrazole rings is 1. The van der Waals surface area contributed by atoms with E-state index in [9.17, 15) is 9.59 Å². The second-order valence-corrected chi connectivity index (χ2v) is 6.25. The van der Waals surface area contributed by atoms with Crippen LogP contribution in [0.5, 0.6) is 0 Å². The largest absolute Gasteiger partial charge is 0.481 e. The minimum absolute atomic E-state index is 0.0314. The van der Waals surface area contributed by atoms with Crippen molar-refractivity contribution >= 4 is 11.9 Å². The molecule has 134 valence electrons. The lowest BCUT2D eigenvalue weighted by Crippen LogP contribution is -2.38. The number of carbonyl (C=O) groups is 2. The van der Waals surface area contributed by atoms with Gasteiger partial charge in [0.1, 0.15) is 0 Å². The number of carboxylic acid groups (broad SMARTS) is 1. The van der Waals surface area contributed by atoms with E-state index in [0.717, 1.165) is 5.56 Å². The second-order valence-electron chi connectivity index (χ2n) is 6.25. The number of likely N-dealkylation sites (N-methyl/N-ethyl adjacent to an activating group) is 1. The van der Waals surface area contributed by atoms with Crippen molar-refractivity contribution in [1.82, 2.24) is 25.1 Å². The zero-order valence-electron chi connectivity index (χ0n) is 14.7. The maximum Gasteiger partial charge on any atom is 0.303 e. The van der Waals surface area contributed by atoms with E-state index in [1.165, 1.54) is 9.70 Å². The Bertz CT molecular complexity index is 714. The summed E-state index contributed by atoms with van der Waals surface area (Å²) in [6.45, 7) is 4.20. The van der Waals surface area contributed by atoms with Gasteiger partial charge in [-0.05, 0) is 17.6 Å². The van der Waals surface area contributed by atoms with Crippen LogP contribution >= 0.6 is 0 Å². The summed E-state index contributed by atoms with van der Waals surface area (Å²) >= 11 is 0. The van der Waals surface area contributed by atoms with Gasteiger partial charge in [0.2, 0.25) is 11.7 Å². The first-order chi connectivity index (χ1) is 11.9. The zero-order chi connectivity index (χ0) is 18.4. The van der Waals surface area contributed by atoms with Crippen LogP contribution in [0.3, 0.4) is 0 Å². The molecule has 2 aromatic rings. The highest BCUT2D eigenvalue weighted by molar-refractivity contribution is 5.80. The Balaban J connectivity index is 2.14. The molecule has 25 heavy (non-hydrogen) atoms. The van der Waals surface area contributed by atoms with E-state index in [1.807, 2.05) is 44.2 Å². The number of carboxylic acids is 1. The fraction of sp³-hybridized carbons (Fsp3) is 0.471. The predicted molar refractivity (Wildman–Crippen MR) is 91.6 cm³/mol. The fourth-order valence-corrected chi connectivity index (χ4v) is 2.50. The summed E-state index contributed by atoms with van der Waals surface area (Å²) in [5, 5.41) is 21.2. The molecule has 1 heterocycles. The molecule has 0 bridgehead atoms. The fourth-order valence-electron chi connectivity index (χ4n) is 2.50. The van der Waals surface area contributed by atoms with E-state index < -0.39 is 12.0 Å². The maximum atomic E-state index is 12.8. The molecule has 0 aliphatic rings. The van der Waals surface area contributed by atoms with Gasteiger partial charge in [-0.25, -0.2) is 0 Å². The molecule has 0 saturated heterocycles. The molecule has 1 aromatic heterocycles. The highest BCUT2D eigenvalue weighted by Crippen LogP contribution is 2.20. The number of carbonyl (C=O) groups excluding carboxylic acids is 1. The molecule has 0 aliphatic heterocycles. The molecule has 0 saturated carbocycles. The molecular weight excluding hydrogens is 322 g/mol. The molecule has 0 radical (unpaired) electrons. The summed E-state index contributed by atoms with van der Waals surface area (Å²) in [5.41, 5.74) is 0.832. The van der Waals surface area contributed by atoms with E-state index in [-0.39, 0.29) is 18.2 Å². The lowest BCUT2D eigenvalue weighted by molar-refractivity contribution is -0.139. The van der Waals surface area contributed by atoms with Crippen LogP contribution in [0.25, 0.3) is 11.4 Å². The number of hydrogen-bond donors (Lipinski definition) is 1. The number of rotatable bonds is 8. The van der Waals surface area contributed by atoms with Crippen LogP contribution < -0.4 is 0 Å². The van der Waals surface area contributed by atoms with Crippen LogP contribution in [-0.4, -0.2) is 55.7 Å². The highest BCUT2D eigenvalue weighted by atomic mass is 16.4. The molecule has 1 N–H and O–H groups in total. The molecule has 1 aromatic carbocycles. The summed E-state index contributed by atoms with van der Waals surface area (Å²) in [6.07, 6.45) is 0.437. The van der Waals surface area contributed by atoms with Crippen LogP contribution in [0.1, 0.15) is 32.7 Å². The molecular formula is C17H23N5O3. The molecule has 8 heteroatoms. The van der Waals surface area contributed by atoms with Crippen molar-refractivity contribution in [3.05, 3.63) is 30.3 Å². The lowest BCUT2D eigenvalue weighted by atomic mass is 10.0. The third-order valence-electron chi connectivity index (χ3n) is 3.85. The number of nitrogens with zero attached hydrogens (tertiary/aromatic N) is 5. The lowest BCUT2D eigenvalue weighted by Gasteiger charge is -2.25. The van der Waals surface area contributed by atoms with Gasteiger partial charge in [-0.2, -0.15) is 4.80 Å². The Kier molecular flexibility index (Phi) is 6.21. The first-order valence-electron chi connectivity index (χ1n) is 8.22. The Hall–Kier alpha value is -2.77. The smallest absolute Gasteiger partial charge is 0.303 e. The first-order valence-corrected chi connectivity index (χ1v) is 8.22. The number of benzene rings is 1. The Morgan fingerprint density at radius 2 is 1.92 bits per heavy atom. The monoisotopic (exact) mass is 345 g/mol. The average molecular weight is 345 g/mol. The Labute approximate surface area is 146 Å². The van der Waals surface area contributed by atoms with E-state index in [4.69, 9.17) is 5.11 Å². The molecule has 1 amide bonds. The van der Waals surface area contributed by atoms with Crippen molar-refractivity contribution in [3.8, 4) is 11.4 Å². The number of hydrogen-bond acceptors (Lipinski definition) is 5. The summed E-state index contributed by atoms with van der Waals surface area (Å²) in [5.74, 6) is -0.594. The molecule has 0 spiro atoms. The van der Waals surface area contributed by atoms with E-state index in [2.05, 4.69) is 15.4 Å². The Morgan fingerprint density at radius 3 is 2.52 bits per heavy atom. The van der Waals surface area contributed by atoms with Crippen LogP contribution in [0.4, 0.5) is 0 Å². The van der Waals surface area contributed by atoms with Gasteiger partial charge < -0.3 is 10.0 Å². The van der Waals surface area contributed by atoms with Gasteiger partial charge in [0.05, 0.1) is 0 Å². The summed E-state index contributed by atoms with van der Waals surface area (Å²) < 4.78 is 0. The quantitative estimate of drug-likeness (QED) is 0.783. The molecule has 1 unspecified atom stereocenters. The third-order valence-corrected chi connectivity index (χ3v) is 3.85. The number of amides is 1. The molecule has 1 atom stereocenters. The average Bonchev–Trinajstić information content (AvgIpc) is 3.04. The van der Waals surface area contributed by atoms with Gasteiger partial charge in [0.15, 0.2) is 6.04 Å². The van der Waals surface area contributed by atoms with E-state index in [1.54, 1.807) is 7.05 Å². The van der Waals surface area contributed by atoms with Crippen molar-refractivity contribution < 1.29 is 14.7 Å². The standard InChI is InChI=1S/C17H23N5O3/c1-12(2)15(17(25)21(3)11-7-10-14(23)24)22-19-16(18-20-22)13-8-5-4-6-9-13/h4-6,8-9,12,15H,7,10-11H2,1-3H3,(H,23,24). The summed E-state index contributed by atoms with van der Waals surface area (Å²) in [7, 11) is 1.66. The van der Waals surface area contributed by atoms with E-state index >= 15 is 0 Å². The van der Waals surface area contributed by atoms with Gasteiger partial charge in [0, 0.05) is 25.6 Å². The van der Waals surface area contributed by atoms with Gasteiger partial charge >= 0.3 is 5.97 Å². The molecule has 0 aliphatic carbocycles. The normalized spacial score (nSPS) is 12.2. The molecule has 2 rings (SSSR count). The minimum Gasteiger partial charge on any atom is -0.481 e. The van der Waals surface area contributed by atoms with E-state index in [0.29, 0.717) is 18.8 Å². The number of aromatic nitrogens is 4. The SMILES string of the molecule is CC(C)C(C(=O)N(C)CCCC(=O)O)n1nnc(-c2ccccc2)n1. The van der Waals surface area contributed by atoms with Gasteiger partial charge in [-0.3, -0.25) is 9.59 Å².